The molecule has 0 atom stereocenters. The highest BCUT2D eigenvalue weighted by atomic mass is 79.9. The maximum atomic E-state index is 13.2. The van der Waals surface area contributed by atoms with Crippen LogP contribution in [0.5, 0.6) is 11.5 Å². The zero-order valence-corrected chi connectivity index (χ0v) is 23.2. The van der Waals surface area contributed by atoms with E-state index in [4.69, 9.17) is 14.5 Å². The summed E-state index contributed by atoms with van der Waals surface area (Å²) in [6.45, 7) is 11.2. The van der Waals surface area contributed by atoms with Crippen LogP contribution in [0.4, 0.5) is 11.4 Å². The number of aliphatic imine (C=N–C) groups is 1. The van der Waals surface area contributed by atoms with E-state index in [2.05, 4.69) is 39.5 Å². The van der Waals surface area contributed by atoms with E-state index >= 15 is 0 Å². The van der Waals surface area contributed by atoms with Crippen LogP contribution in [0.3, 0.4) is 0 Å². The van der Waals surface area contributed by atoms with Crippen molar-refractivity contribution < 1.29 is 14.3 Å². The van der Waals surface area contributed by atoms with Crippen molar-refractivity contribution in [3.63, 3.8) is 0 Å². The highest BCUT2D eigenvalue weighted by Gasteiger charge is 2.32. The number of carbonyl (C=O) groups excluding carboxylic acids is 1. The van der Waals surface area contributed by atoms with E-state index in [-0.39, 0.29) is 5.91 Å². The Morgan fingerprint density at radius 2 is 1.81 bits per heavy atom. The molecule has 0 saturated carbocycles. The second-order valence-electron chi connectivity index (χ2n) is 8.47. The van der Waals surface area contributed by atoms with Crippen molar-refractivity contribution in [2.75, 3.05) is 37.7 Å². The maximum absolute atomic E-state index is 13.2. The molecule has 2 saturated heterocycles. The lowest BCUT2D eigenvalue weighted by molar-refractivity contribution is -0.122. The Morgan fingerprint density at radius 3 is 2.47 bits per heavy atom. The van der Waals surface area contributed by atoms with E-state index < -0.39 is 0 Å². The number of thioether (sulfide) groups is 1. The minimum Gasteiger partial charge on any atom is -0.490 e. The van der Waals surface area contributed by atoms with E-state index in [9.17, 15) is 4.79 Å². The summed E-state index contributed by atoms with van der Waals surface area (Å²) >= 11 is 5.01. The van der Waals surface area contributed by atoms with Crippen LogP contribution in [-0.2, 0) is 4.79 Å². The van der Waals surface area contributed by atoms with Crippen LogP contribution in [0, 0.1) is 0 Å². The van der Waals surface area contributed by atoms with Crippen molar-refractivity contribution in [2.24, 2.45) is 4.99 Å². The van der Waals surface area contributed by atoms with Gasteiger partial charge in [0.25, 0.3) is 5.91 Å². The number of ether oxygens (including phenoxy) is 2. The number of benzene rings is 2. The van der Waals surface area contributed by atoms with Gasteiger partial charge in [0.2, 0.25) is 0 Å². The maximum Gasteiger partial charge on any atom is 0.266 e. The van der Waals surface area contributed by atoms with Gasteiger partial charge < -0.3 is 14.4 Å². The summed E-state index contributed by atoms with van der Waals surface area (Å²) in [5, 5.41) is 0.687. The van der Waals surface area contributed by atoms with Gasteiger partial charge in [0, 0.05) is 29.8 Å². The quantitative estimate of drug-likeness (QED) is 0.240. The molecule has 1 amide bonds. The van der Waals surface area contributed by atoms with Gasteiger partial charge in [0.05, 0.1) is 17.2 Å². The number of likely N-dealkylation sites (N-methyl/N-ethyl adjacent to an activating group) is 1. The van der Waals surface area contributed by atoms with E-state index in [1.54, 1.807) is 11.0 Å². The minimum atomic E-state index is -0.0527. The second-order valence-corrected chi connectivity index (χ2v) is 10.3. The molecule has 0 N–H and O–H groups in total. The molecule has 2 aliphatic rings. The van der Waals surface area contributed by atoms with Crippen molar-refractivity contribution in [2.45, 2.75) is 33.1 Å². The molecule has 0 aliphatic carbocycles. The fourth-order valence-corrected chi connectivity index (χ4v) is 5.69. The molecular weight excluding hydrogens is 538 g/mol. The molecule has 4 rings (SSSR count). The average Bonchev–Trinajstić information content (AvgIpc) is 3.19. The monoisotopic (exact) mass is 569 g/mol. The predicted octanol–water partition coefficient (Wildman–Crippen LogP) is 7.03. The molecule has 2 aromatic rings. The molecule has 190 valence electrons. The number of hydrogen-bond acceptors (Lipinski definition) is 6. The Kier molecular flexibility index (Phi) is 9.15. The molecule has 6 nitrogen and oxygen atoms in total. The molecule has 2 fully saturated rings. The molecule has 0 bridgehead atoms. The number of amidine groups is 1. The molecule has 0 aromatic heterocycles. The van der Waals surface area contributed by atoms with Crippen molar-refractivity contribution >= 4 is 56.2 Å². The largest absolute Gasteiger partial charge is 0.490 e. The molecule has 2 aromatic carbocycles. The predicted molar refractivity (Wildman–Crippen MR) is 154 cm³/mol. The van der Waals surface area contributed by atoms with Crippen LogP contribution >= 0.6 is 27.7 Å². The summed E-state index contributed by atoms with van der Waals surface area (Å²) in [7, 11) is 0. The molecular formula is C28H32BrN3O3S. The van der Waals surface area contributed by atoms with Crippen LogP contribution in [0.1, 0.15) is 38.7 Å². The lowest BCUT2D eigenvalue weighted by Crippen LogP contribution is -2.29. The zero-order chi connectivity index (χ0) is 25.5. The topological polar surface area (TPSA) is 54.4 Å². The smallest absolute Gasteiger partial charge is 0.266 e. The highest BCUT2D eigenvalue weighted by molar-refractivity contribution is 9.10. The molecule has 0 radical (unpaired) electrons. The summed E-state index contributed by atoms with van der Waals surface area (Å²) in [6.07, 6.45) is 7.37. The van der Waals surface area contributed by atoms with E-state index in [0.717, 1.165) is 28.8 Å². The zero-order valence-electron chi connectivity index (χ0n) is 20.8. The Labute approximate surface area is 226 Å². The Hall–Kier alpha value is -2.71. The van der Waals surface area contributed by atoms with Crippen molar-refractivity contribution in [1.82, 2.24) is 4.90 Å². The van der Waals surface area contributed by atoms with Gasteiger partial charge >= 0.3 is 0 Å². The van der Waals surface area contributed by atoms with Gasteiger partial charge in [-0.15, -0.1) is 0 Å². The number of halogens is 1. The van der Waals surface area contributed by atoms with Crippen LogP contribution in [0.25, 0.3) is 6.08 Å². The van der Waals surface area contributed by atoms with Crippen molar-refractivity contribution in [3.05, 3.63) is 64.0 Å². The second kappa shape index (κ2) is 12.5. The van der Waals surface area contributed by atoms with Gasteiger partial charge in [0.15, 0.2) is 16.7 Å². The van der Waals surface area contributed by atoms with Gasteiger partial charge in [-0.2, -0.15) is 0 Å². The Bertz CT molecular complexity index is 1160. The normalized spacial score (nSPS) is 18.2. The molecule has 36 heavy (non-hydrogen) atoms. The number of carbonyl (C=O) groups is 1. The fourth-order valence-electron chi connectivity index (χ4n) is 4.20. The first kappa shape index (κ1) is 26.4. The van der Waals surface area contributed by atoms with Gasteiger partial charge in [-0.25, -0.2) is 4.99 Å². The van der Waals surface area contributed by atoms with Crippen molar-refractivity contribution in [3.8, 4) is 11.5 Å². The summed E-state index contributed by atoms with van der Waals surface area (Å²) in [4.78, 5) is 22.8. The Morgan fingerprint density at radius 1 is 1.08 bits per heavy atom. The third-order valence-corrected chi connectivity index (χ3v) is 7.70. The number of nitrogens with zero attached hydrogens (tertiary/aromatic N) is 3. The lowest BCUT2D eigenvalue weighted by Gasteiger charge is -2.28. The number of piperidine rings is 1. The first-order valence-electron chi connectivity index (χ1n) is 12.4. The van der Waals surface area contributed by atoms with Crippen molar-refractivity contribution in [1.29, 1.82) is 0 Å². The van der Waals surface area contributed by atoms with E-state index in [0.29, 0.717) is 41.3 Å². The summed E-state index contributed by atoms with van der Waals surface area (Å²) in [5.41, 5.74) is 2.91. The van der Waals surface area contributed by atoms with E-state index in [1.165, 1.54) is 36.7 Å². The summed E-state index contributed by atoms with van der Waals surface area (Å²) in [6, 6.07) is 12.1. The fraction of sp³-hybridized carbons (Fsp3) is 0.357. The molecule has 2 aliphatic heterocycles. The minimum absolute atomic E-state index is 0.0527. The molecule has 0 spiro atoms. The summed E-state index contributed by atoms with van der Waals surface area (Å²) < 4.78 is 12.3. The highest BCUT2D eigenvalue weighted by Crippen LogP contribution is 2.39. The third kappa shape index (κ3) is 6.16. The number of amides is 1. The first-order valence-corrected chi connectivity index (χ1v) is 14.0. The summed E-state index contributed by atoms with van der Waals surface area (Å²) in [5.74, 6) is 1.20. The molecule has 8 heteroatoms. The number of rotatable bonds is 9. The van der Waals surface area contributed by atoms with Gasteiger partial charge in [0.1, 0.15) is 6.61 Å². The van der Waals surface area contributed by atoms with E-state index in [1.807, 2.05) is 44.2 Å². The third-order valence-electron chi connectivity index (χ3n) is 6.01. The molecule has 0 unspecified atom stereocenters. The van der Waals surface area contributed by atoms with Crippen LogP contribution < -0.4 is 14.4 Å². The number of hydrogen-bond donors (Lipinski definition) is 0. The van der Waals surface area contributed by atoms with Gasteiger partial charge in [-0.05, 0) is 92.9 Å². The Balaban J connectivity index is 1.58. The first-order chi connectivity index (χ1) is 17.5. The van der Waals surface area contributed by atoms with Crippen LogP contribution in [0.2, 0.25) is 0 Å². The molecule has 2 heterocycles. The van der Waals surface area contributed by atoms with Gasteiger partial charge in [-0.3, -0.25) is 9.69 Å². The van der Waals surface area contributed by atoms with Crippen LogP contribution in [-0.4, -0.2) is 48.8 Å². The lowest BCUT2D eigenvalue weighted by atomic mass is 10.1. The standard InChI is InChI=1S/C28H32BrN3O3S/c1-4-16-35-25-19-23(29)20(17-24(25)34-6-3)18-26-27(33)32(5-2)28(36-26)30-21-10-12-22(13-11-21)31-14-8-7-9-15-31/h4,10-13,17-19H,1,5-9,14-16H2,2-3H3/b26-18-,30-28?. The number of anilines is 1. The average molecular weight is 571 g/mol. The van der Waals surface area contributed by atoms with Gasteiger partial charge in [-0.1, -0.05) is 28.6 Å². The SMILES string of the molecule is C=CCOc1cc(Br)c(/C=C2\SC(=Nc3ccc(N4CCCCC4)cc3)N(CC)C2=O)cc1OCC. The van der Waals surface area contributed by atoms with Crippen LogP contribution in [0.15, 0.2) is 63.4 Å².